The Morgan fingerprint density at radius 2 is 1.14 bits per heavy atom. The summed E-state index contributed by atoms with van der Waals surface area (Å²) in [5.74, 6) is 0. The smallest absolute Gasteiger partial charge is 0.299 e. The molecule has 0 saturated carbocycles. The maximum atomic E-state index is 12.9. The molecule has 4 rings (SSSR count). The first-order valence-corrected chi connectivity index (χ1v) is 8.47. The van der Waals surface area contributed by atoms with E-state index >= 15 is 0 Å². The first-order chi connectivity index (χ1) is 13.6. The summed E-state index contributed by atoms with van der Waals surface area (Å²) in [5, 5.41) is 0. The SMILES string of the molecule is FC(F)(F)c1ccc(-c2nc3ccccn3c2-c2ccc(C(F)(F)F)cc2)cc1. The lowest BCUT2D eigenvalue weighted by atomic mass is 10.0. The standard InChI is InChI=1S/C21H12F6N2/c22-20(23,24)15-8-4-13(5-9-15)18-19(29-12-2-1-3-17(29)28-18)14-6-10-16(11-7-14)21(25,26)27/h1-12H. The number of alkyl halides is 6. The van der Waals surface area contributed by atoms with E-state index in [9.17, 15) is 26.3 Å². The van der Waals surface area contributed by atoms with E-state index in [1.54, 1.807) is 28.8 Å². The molecule has 0 unspecified atom stereocenters. The maximum absolute atomic E-state index is 12.9. The quantitative estimate of drug-likeness (QED) is 0.339. The van der Waals surface area contributed by atoms with Gasteiger partial charge in [0.2, 0.25) is 0 Å². The number of fused-ring (bicyclic) bond motifs is 1. The number of imidazole rings is 1. The largest absolute Gasteiger partial charge is 0.416 e. The zero-order chi connectivity index (χ0) is 20.8. The van der Waals surface area contributed by atoms with Gasteiger partial charge in [-0.05, 0) is 36.4 Å². The second-order valence-corrected chi connectivity index (χ2v) is 6.39. The topological polar surface area (TPSA) is 17.3 Å². The van der Waals surface area contributed by atoms with E-state index in [0.717, 1.165) is 24.3 Å². The summed E-state index contributed by atoms with van der Waals surface area (Å²) in [4.78, 5) is 4.48. The van der Waals surface area contributed by atoms with Crippen LogP contribution in [-0.4, -0.2) is 9.38 Å². The van der Waals surface area contributed by atoms with Crippen LogP contribution in [0.5, 0.6) is 0 Å². The van der Waals surface area contributed by atoms with Gasteiger partial charge in [-0.15, -0.1) is 0 Å². The molecule has 29 heavy (non-hydrogen) atoms. The van der Waals surface area contributed by atoms with Crippen molar-refractivity contribution in [2.24, 2.45) is 0 Å². The van der Waals surface area contributed by atoms with Crippen molar-refractivity contribution in [2.45, 2.75) is 12.4 Å². The Morgan fingerprint density at radius 3 is 1.66 bits per heavy atom. The molecule has 0 radical (unpaired) electrons. The summed E-state index contributed by atoms with van der Waals surface area (Å²) >= 11 is 0. The molecular formula is C21H12F6N2. The predicted octanol–water partition coefficient (Wildman–Crippen LogP) is 6.71. The Balaban J connectivity index is 1.88. The Bertz CT molecular complexity index is 1150. The Morgan fingerprint density at radius 1 is 0.621 bits per heavy atom. The van der Waals surface area contributed by atoms with E-state index in [2.05, 4.69) is 4.98 Å². The molecule has 4 aromatic rings. The number of hydrogen-bond donors (Lipinski definition) is 0. The van der Waals surface area contributed by atoms with Gasteiger partial charge in [0.1, 0.15) is 5.65 Å². The van der Waals surface area contributed by atoms with Crippen LogP contribution in [0.4, 0.5) is 26.3 Å². The van der Waals surface area contributed by atoms with Crippen molar-refractivity contribution in [2.75, 3.05) is 0 Å². The summed E-state index contributed by atoms with van der Waals surface area (Å²) in [5.41, 5.74) is 0.714. The van der Waals surface area contributed by atoms with E-state index in [4.69, 9.17) is 0 Å². The van der Waals surface area contributed by atoms with E-state index in [1.807, 2.05) is 0 Å². The fraction of sp³-hybridized carbons (Fsp3) is 0.0952. The zero-order valence-electron chi connectivity index (χ0n) is 14.6. The van der Waals surface area contributed by atoms with Gasteiger partial charge in [0.25, 0.3) is 0 Å². The third-order valence-electron chi connectivity index (χ3n) is 4.50. The average molecular weight is 406 g/mol. The molecule has 0 N–H and O–H groups in total. The Hall–Kier alpha value is -3.29. The molecule has 2 aromatic heterocycles. The number of hydrogen-bond acceptors (Lipinski definition) is 1. The molecule has 2 aromatic carbocycles. The highest BCUT2D eigenvalue weighted by Crippen LogP contribution is 2.37. The highest BCUT2D eigenvalue weighted by atomic mass is 19.4. The minimum absolute atomic E-state index is 0.379. The van der Waals surface area contributed by atoms with Crippen molar-refractivity contribution in [1.29, 1.82) is 0 Å². The number of rotatable bonds is 2. The summed E-state index contributed by atoms with van der Waals surface area (Å²) in [6.45, 7) is 0. The fourth-order valence-corrected chi connectivity index (χ4v) is 3.11. The predicted molar refractivity (Wildman–Crippen MR) is 96.1 cm³/mol. The van der Waals surface area contributed by atoms with Crippen LogP contribution < -0.4 is 0 Å². The lowest BCUT2D eigenvalue weighted by molar-refractivity contribution is -0.138. The first kappa shape index (κ1) is 19.0. The van der Waals surface area contributed by atoms with Crippen LogP contribution in [0.3, 0.4) is 0 Å². The van der Waals surface area contributed by atoms with Crippen LogP contribution in [0, 0.1) is 0 Å². The third-order valence-corrected chi connectivity index (χ3v) is 4.50. The molecule has 2 nitrogen and oxygen atoms in total. The van der Waals surface area contributed by atoms with E-state index < -0.39 is 23.5 Å². The van der Waals surface area contributed by atoms with Crippen LogP contribution in [0.2, 0.25) is 0 Å². The molecule has 0 bridgehead atoms. The van der Waals surface area contributed by atoms with Gasteiger partial charge in [0, 0.05) is 17.3 Å². The molecular weight excluding hydrogens is 394 g/mol. The molecule has 0 spiro atoms. The van der Waals surface area contributed by atoms with Crippen molar-refractivity contribution < 1.29 is 26.3 Å². The number of aromatic nitrogens is 2. The first-order valence-electron chi connectivity index (χ1n) is 8.47. The van der Waals surface area contributed by atoms with Crippen molar-refractivity contribution in [3.8, 4) is 22.5 Å². The van der Waals surface area contributed by atoms with E-state index in [-0.39, 0.29) is 0 Å². The molecule has 8 heteroatoms. The second kappa shape index (κ2) is 6.65. The van der Waals surface area contributed by atoms with Gasteiger partial charge in [-0.2, -0.15) is 26.3 Å². The Labute approximate surface area is 161 Å². The van der Waals surface area contributed by atoms with Crippen LogP contribution >= 0.6 is 0 Å². The molecule has 0 fully saturated rings. The minimum Gasteiger partial charge on any atom is -0.299 e. The van der Waals surface area contributed by atoms with Gasteiger partial charge >= 0.3 is 12.4 Å². The molecule has 0 amide bonds. The van der Waals surface area contributed by atoms with Crippen LogP contribution in [0.25, 0.3) is 28.2 Å². The van der Waals surface area contributed by atoms with Crippen molar-refractivity contribution in [3.63, 3.8) is 0 Å². The summed E-state index contributed by atoms with van der Waals surface area (Å²) in [6, 6.07) is 14.3. The van der Waals surface area contributed by atoms with Crippen LogP contribution in [0.1, 0.15) is 11.1 Å². The van der Waals surface area contributed by atoms with Gasteiger partial charge in [0.15, 0.2) is 0 Å². The number of nitrogens with zero attached hydrogens (tertiary/aromatic N) is 2. The highest BCUT2D eigenvalue weighted by molar-refractivity contribution is 5.82. The summed E-state index contributed by atoms with van der Waals surface area (Å²) in [6.07, 6.45) is -7.23. The zero-order valence-corrected chi connectivity index (χ0v) is 14.6. The molecule has 0 saturated heterocycles. The van der Waals surface area contributed by atoms with Crippen molar-refractivity contribution >= 4 is 5.65 Å². The van der Waals surface area contributed by atoms with Crippen LogP contribution in [-0.2, 0) is 12.4 Å². The van der Waals surface area contributed by atoms with E-state index in [0.29, 0.717) is 28.2 Å². The molecule has 0 aliphatic carbocycles. The molecule has 0 atom stereocenters. The van der Waals surface area contributed by atoms with Crippen molar-refractivity contribution in [1.82, 2.24) is 9.38 Å². The molecule has 148 valence electrons. The molecule has 0 aliphatic rings. The normalized spacial score (nSPS) is 12.5. The lowest BCUT2D eigenvalue weighted by Gasteiger charge is -2.10. The summed E-state index contributed by atoms with van der Waals surface area (Å²) < 4.78 is 78.9. The van der Waals surface area contributed by atoms with Crippen LogP contribution in [0.15, 0.2) is 72.9 Å². The maximum Gasteiger partial charge on any atom is 0.416 e. The van der Waals surface area contributed by atoms with Gasteiger partial charge in [0.05, 0.1) is 22.5 Å². The fourth-order valence-electron chi connectivity index (χ4n) is 3.11. The third kappa shape index (κ3) is 3.57. The van der Waals surface area contributed by atoms with Gasteiger partial charge in [-0.3, -0.25) is 4.40 Å². The molecule has 0 aliphatic heterocycles. The lowest BCUT2D eigenvalue weighted by Crippen LogP contribution is -2.04. The van der Waals surface area contributed by atoms with Gasteiger partial charge < -0.3 is 0 Å². The molecule has 2 heterocycles. The monoisotopic (exact) mass is 406 g/mol. The second-order valence-electron chi connectivity index (χ2n) is 6.39. The average Bonchev–Trinajstić information content (AvgIpc) is 3.06. The van der Waals surface area contributed by atoms with E-state index in [1.165, 1.54) is 24.3 Å². The van der Waals surface area contributed by atoms with Gasteiger partial charge in [-0.1, -0.05) is 30.3 Å². The summed E-state index contributed by atoms with van der Waals surface area (Å²) in [7, 11) is 0. The highest BCUT2D eigenvalue weighted by Gasteiger charge is 2.31. The minimum atomic E-state index is -4.46. The number of benzene rings is 2. The van der Waals surface area contributed by atoms with Gasteiger partial charge in [-0.25, -0.2) is 4.98 Å². The number of halogens is 6. The Kier molecular flexibility index (Phi) is 4.37. The van der Waals surface area contributed by atoms with Crippen molar-refractivity contribution in [3.05, 3.63) is 84.1 Å². The number of pyridine rings is 1.